The smallest absolute Gasteiger partial charge is 0.163 e. The van der Waals surface area contributed by atoms with Crippen LogP contribution < -0.4 is 4.74 Å². The molecule has 1 N–H and O–H groups in total. The van der Waals surface area contributed by atoms with Gasteiger partial charge in [-0.1, -0.05) is 66.7 Å². The highest BCUT2D eigenvalue weighted by atomic mass is 16.5. The van der Waals surface area contributed by atoms with E-state index in [1.54, 1.807) is 24.3 Å². The van der Waals surface area contributed by atoms with Crippen LogP contribution in [0.3, 0.4) is 0 Å². The van der Waals surface area contributed by atoms with Gasteiger partial charge in [-0.25, -0.2) is 0 Å². The first-order valence-electron chi connectivity index (χ1n) is 9.91. The Balaban J connectivity index is 1.48. The number of unbranched alkanes of at least 4 members (excludes halogenated alkanes) is 1. The minimum absolute atomic E-state index is 0.0201. The molecule has 0 aliphatic rings. The van der Waals surface area contributed by atoms with Gasteiger partial charge in [-0.05, 0) is 55.5 Å². The number of para-hydroxylation sites is 1. The van der Waals surface area contributed by atoms with Gasteiger partial charge in [-0.3, -0.25) is 4.79 Å². The first kappa shape index (κ1) is 20.4. The second-order valence-electron chi connectivity index (χ2n) is 6.99. The van der Waals surface area contributed by atoms with E-state index < -0.39 is 0 Å². The molecule has 3 nitrogen and oxygen atoms in total. The average Bonchev–Trinajstić information content (AvgIpc) is 2.74. The van der Waals surface area contributed by atoms with Crippen LogP contribution in [0.5, 0.6) is 11.5 Å². The zero-order valence-electron chi connectivity index (χ0n) is 16.7. The normalized spacial score (nSPS) is 10.9. The summed E-state index contributed by atoms with van der Waals surface area (Å²) >= 11 is 0. The van der Waals surface area contributed by atoms with Crippen molar-refractivity contribution in [3.8, 4) is 11.5 Å². The molecule has 0 aliphatic heterocycles. The number of hydrogen-bond donors (Lipinski definition) is 1. The van der Waals surface area contributed by atoms with Crippen LogP contribution in [0.4, 0.5) is 0 Å². The number of rotatable bonds is 9. The fourth-order valence-corrected chi connectivity index (χ4v) is 3.11. The van der Waals surface area contributed by atoms with Crippen molar-refractivity contribution in [1.82, 2.24) is 0 Å². The summed E-state index contributed by atoms with van der Waals surface area (Å²) in [7, 11) is 0. The zero-order valence-corrected chi connectivity index (χ0v) is 16.7. The predicted octanol–water partition coefficient (Wildman–Crippen LogP) is 6.17. The minimum atomic E-state index is -0.150. The molecule has 29 heavy (non-hydrogen) atoms. The van der Waals surface area contributed by atoms with Crippen LogP contribution in [-0.2, 0) is 6.42 Å². The van der Waals surface area contributed by atoms with Crippen molar-refractivity contribution in [3.05, 3.63) is 95.1 Å². The van der Waals surface area contributed by atoms with Crippen molar-refractivity contribution in [3.63, 3.8) is 0 Å². The molecule has 0 aromatic heterocycles. The van der Waals surface area contributed by atoms with E-state index in [0.717, 1.165) is 30.6 Å². The lowest BCUT2D eigenvalue weighted by molar-refractivity contribution is 0.101. The molecule has 0 fully saturated rings. The van der Waals surface area contributed by atoms with Gasteiger partial charge in [0.15, 0.2) is 5.78 Å². The highest BCUT2D eigenvalue weighted by molar-refractivity contribution is 5.98. The summed E-state index contributed by atoms with van der Waals surface area (Å²) < 4.78 is 5.82. The monoisotopic (exact) mass is 386 g/mol. The molecule has 3 heteroatoms. The molecule has 0 radical (unpaired) electrons. The molecular formula is C26H26O3. The quantitative estimate of drug-likeness (QED) is 0.272. The maximum atomic E-state index is 11.5. The number of aryl methyl sites for hydroxylation is 1. The number of aromatic hydroxyl groups is 1. The molecule has 0 unspecified atom stereocenters. The number of phenols is 1. The number of carbonyl (C=O) groups excluding carboxylic acids is 1. The molecule has 0 bridgehead atoms. The van der Waals surface area contributed by atoms with E-state index >= 15 is 0 Å². The molecule has 0 amide bonds. The summed E-state index contributed by atoms with van der Waals surface area (Å²) in [5.41, 5.74) is 3.32. The Morgan fingerprint density at radius 3 is 2.38 bits per heavy atom. The van der Waals surface area contributed by atoms with Crippen LogP contribution >= 0.6 is 0 Å². The van der Waals surface area contributed by atoms with E-state index in [2.05, 4.69) is 24.3 Å². The second-order valence-corrected chi connectivity index (χ2v) is 6.99. The van der Waals surface area contributed by atoms with Gasteiger partial charge in [-0.15, -0.1) is 0 Å². The molecular weight excluding hydrogens is 360 g/mol. The standard InChI is InChI=1S/C26H26O3/c1-20(27)25-12-7-11-23(26(25)28)16-13-22-14-17-24(18-15-22)29-19-6-5-10-21-8-3-2-4-9-21/h2-4,7-9,11-18,28H,5-6,10,19H2,1H3/b16-13+. The van der Waals surface area contributed by atoms with Crippen molar-refractivity contribution < 1.29 is 14.6 Å². The third-order valence-electron chi connectivity index (χ3n) is 4.75. The Labute approximate surface area is 172 Å². The van der Waals surface area contributed by atoms with Gasteiger partial charge in [0, 0.05) is 5.56 Å². The fraction of sp³-hybridized carbons (Fsp3) is 0.192. The van der Waals surface area contributed by atoms with Crippen LogP contribution in [-0.4, -0.2) is 17.5 Å². The van der Waals surface area contributed by atoms with E-state index in [-0.39, 0.29) is 11.5 Å². The first-order valence-corrected chi connectivity index (χ1v) is 9.91. The van der Waals surface area contributed by atoms with Crippen molar-refractivity contribution in [1.29, 1.82) is 0 Å². The molecule has 0 spiro atoms. The van der Waals surface area contributed by atoms with Gasteiger partial charge < -0.3 is 9.84 Å². The van der Waals surface area contributed by atoms with Gasteiger partial charge in [0.05, 0.1) is 12.2 Å². The molecule has 148 valence electrons. The SMILES string of the molecule is CC(=O)c1cccc(/C=C/c2ccc(OCCCCc3ccccc3)cc2)c1O. The minimum Gasteiger partial charge on any atom is -0.507 e. The number of carbonyl (C=O) groups is 1. The zero-order chi connectivity index (χ0) is 20.5. The molecule has 0 atom stereocenters. The maximum absolute atomic E-state index is 11.5. The van der Waals surface area contributed by atoms with Crippen LogP contribution in [0.25, 0.3) is 12.2 Å². The van der Waals surface area contributed by atoms with Crippen LogP contribution in [0, 0.1) is 0 Å². The van der Waals surface area contributed by atoms with Gasteiger partial charge in [0.2, 0.25) is 0 Å². The third kappa shape index (κ3) is 6.08. The van der Waals surface area contributed by atoms with Crippen LogP contribution in [0.15, 0.2) is 72.8 Å². The number of benzene rings is 3. The molecule has 3 rings (SSSR count). The summed E-state index contributed by atoms with van der Waals surface area (Å²) in [5, 5.41) is 10.2. The fourth-order valence-electron chi connectivity index (χ4n) is 3.11. The Morgan fingerprint density at radius 2 is 1.66 bits per heavy atom. The lowest BCUT2D eigenvalue weighted by Gasteiger charge is -2.07. The van der Waals surface area contributed by atoms with Gasteiger partial charge in [0.1, 0.15) is 11.5 Å². The lowest BCUT2D eigenvalue weighted by atomic mass is 10.0. The Bertz CT molecular complexity index is 957. The lowest BCUT2D eigenvalue weighted by Crippen LogP contribution is -1.98. The largest absolute Gasteiger partial charge is 0.507 e. The van der Waals surface area contributed by atoms with E-state index in [9.17, 15) is 9.90 Å². The predicted molar refractivity (Wildman–Crippen MR) is 118 cm³/mol. The maximum Gasteiger partial charge on any atom is 0.163 e. The summed E-state index contributed by atoms with van der Waals surface area (Å²) in [6.07, 6.45) is 6.91. The van der Waals surface area contributed by atoms with Crippen molar-refractivity contribution in [2.24, 2.45) is 0 Å². The second kappa shape index (κ2) is 10.3. The van der Waals surface area contributed by atoms with Crippen molar-refractivity contribution in [2.45, 2.75) is 26.2 Å². The average molecular weight is 386 g/mol. The van der Waals surface area contributed by atoms with E-state index in [1.807, 2.05) is 36.4 Å². The van der Waals surface area contributed by atoms with Crippen LogP contribution in [0.2, 0.25) is 0 Å². The molecule has 0 aliphatic carbocycles. The van der Waals surface area contributed by atoms with E-state index in [4.69, 9.17) is 4.74 Å². The van der Waals surface area contributed by atoms with Gasteiger partial charge in [0.25, 0.3) is 0 Å². The number of phenolic OH excluding ortho intramolecular Hbond substituents is 1. The van der Waals surface area contributed by atoms with E-state index in [0.29, 0.717) is 17.7 Å². The molecule has 0 saturated carbocycles. The number of hydrogen-bond acceptors (Lipinski definition) is 3. The Kier molecular flexibility index (Phi) is 7.23. The Morgan fingerprint density at radius 1 is 0.897 bits per heavy atom. The summed E-state index contributed by atoms with van der Waals surface area (Å²) in [4.78, 5) is 11.5. The number of ether oxygens (including phenoxy) is 1. The third-order valence-corrected chi connectivity index (χ3v) is 4.75. The van der Waals surface area contributed by atoms with Crippen LogP contribution in [0.1, 0.15) is 46.8 Å². The van der Waals surface area contributed by atoms with Gasteiger partial charge in [-0.2, -0.15) is 0 Å². The highest BCUT2D eigenvalue weighted by Gasteiger charge is 2.08. The molecule has 3 aromatic carbocycles. The summed E-state index contributed by atoms with van der Waals surface area (Å²) in [5.74, 6) is 0.720. The van der Waals surface area contributed by atoms with Crippen molar-refractivity contribution in [2.75, 3.05) is 6.61 Å². The number of ketones is 1. The summed E-state index contributed by atoms with van der Waals surface area (Å²) in [6.45, 7) is 2.15. The first-order chi connectivity index (χ1) is 14.1. The molecule has 3 aromatic rings. The molecule has 0 heterocycles. The molecule has 0 saturated heterocycles. The number of Topliss-reactive ketones (excluding diaryl/α,β-unsaturated/α-hetero) is 1. The Hall–Kier alpha value is -3.33. The van der Waals surface area contributed by atoms with Crippen molar-refractivity contribution >= 4 is 17.9 Å². The topological polar surface area (TPSA) is 46.5 Å². The summed E-state index contributed by atoms with van der Waals surface area (Å²) in [6, 6.07) is 23.5. The highest BCUT2D eigenvalue weighted by Crippen LogP contribution is 2.25. The van der Waals surface area contributed by atoms with E-state index in [1.165, 1.54) is 12.5 Å². The van der Waals surface area contributed by atoms with Gasteiger partial charge >= 0.3 is 0 Å².